The van der Waals surface area contributed by atoms with Crippen LogP contribution in [0.15, 0.2) is 53.1 Å². The summed E-state index contributed by atoms with van der Waals surface area (Å²) in [4.78, 5) is 40.8. The monoisotopic (exact) mass is 455 g/mol. The van der Waals surface area contributed by atoms with Gasteiger partial charge in [-0.1, -0.05) is 30.3 Å². The number of carbonyl (C=O) groups excluding carboxylic acids is 3. The molecular formula is C22H25N5O4S. The number of nitrogens with zero attached hydrogens (tertiary/aromatic N) is 3. The molecule has 3 rings (SSSR count). The lowest BCUT2D eigenvalue weighted by Gasteiger charge is -2.35. The average molecular weight is 456 g/mol. The van der Waals surface area contributed by atoms with E-state index in [9.17, 15) is 14.4 Å². The van der Waals surface area contributed by atoms with E-state index >= 15 is 0 Å². The van der Waals surface area contributed by atoms with Gasteiger partial charge in [0.15, 0.2) is 5.76 Å². The molecule has 1 atom stereocenters. The molecule has 4 amide bonds. The summed E-state index contributed by atoms with van der Waals surface area (Å²) in [7, 11) is 0. The van der Waals surface area contributed by atoms with Crippen LogP contribution in [0, 0.1) is 11.3 Å². The third-order valence-electron chi connectivity index (χ3n) is 4.94. The van der Waals surface area contributed by atoms with Gasteiger partial charge in [-0.3, -0.25) is 9.59 Å². The van der Waals surface area contributed by atoms with Crippen molar-refractivity contribution in [3.8, 4) is 6.07 Å². The van der Waals surface area contributed by atoms with Crippen LogP contribution in [0.3, 0.4) is 0 Å². The fourth-order valence-electron chi connectivity index (χ4n) is 3.21. The molecule has 1 fully saturated rings. The zero-order valence-electron chi connectivity index (χ0n) is 17.5. The van der Waals surface area contributed by atoms with E-state index in [1.54, 1.807) is 21.9 Å². The summed E-state index contributed by atoms with van der Waals surface area (Å²) in [5.74, 6) is 0.738. The fraction of sp³-hybridized carbons (Fsp3) is 0.364. The van der Waals surface area contributed by atoms with E-state index in [-0.39, 0.29) is 24.2 Å². The molecule has 168 valence electrons. The van der Waals surface area contributed by atoms with Crippen LogP contribution in [0.4, 0.5) is 4.79 Å². The Bertz CT molecular complexity index is 937. The van der Waals surface area contributed by atoms with E-state index in [0.717, 1.165) is 5.56 Å². The summed E-state index contributed by atoms with van der Waals surface area (Å²) in [6, 6.07) is 13.8. The Morgan fingerprint density at radius 2 is 1.78 bits per heavy atom. The first-order chi connectivity index (χ1) is 15.6. The molecule has 2 aromatic rings. The second-order valence-electron chi connectivity index (χ2n) is 7.14. The summed E-state index contributed by atoms with van der Waals surface area (Å²) in [6.45, 7) is 1.33. The van der Waals surface area contributed by atoms with Crippen LogP contribution in [0.1, 0.15) is 16.1 Å². The van der Waals surface area contributed by atoms with Crippen molar-refractivity contribution >= 4 is 29.6 Å². The maximum absolute atomic E-state index is 12.8. The topological polar surface area (TPSA) is 119 Å². The van der Waals surface area contributed by atoms with Crippen LogP contribution in [-0.2, 0) is 10.5 Å². The van der Waals surface area contributed by atoms with Gasteiger partial charge in [0.05, 0.1) is 12.3 Å². The predicted molar refractivity (Wildman–Crippen MR) is 120 cm³/mol. The van der Waals surface area contributed by atoms with Crippen molar-refractivity contribution in [2.45, 2.75) is 11.8 Å². The Morgan fingerprint density at radius 1 is 1.06 bits per heavy atom. The first-order valence-corrected chi connectivity index (χ1v) is 11.4. The number of hydrogen-bond acceptors (Lipinski definition) is 6. The van der Waals surface area contributed by atoms with E-state index in [0.29, 0.717) is 37.7 Å². The third-order valence-corrected chi connectivity index (χ3v) is 6.04. The van der Waals surface area contributed by atoms with Crippen LogP contribution in [-0.4, -0.2) is 72.2 Å². The summed E-state index contributed by atoms with van der Waals surface area (Å²) >= 11 is 1.53. The molecule has 0 bridgehead atoms. The molecule has 1 saturated heterocycles. The van der Waals surface area contributed by atoms with Gasteiger partial charge in [0, 0.05) is 37.7 Å². The second kappa shape index (κ2) is 11.8. The van der Waals surface area contributed by atoms with Gasteiger partial charge in [-0.15, -0.1) is 0 Å². The Balaban J connectivity index is 1.51. The Labute approximate surface area is 190 Å². The SMILES string of the molecule is N#CCNC(=O)[C@H](CSCc1ccccc1)NC(=O)N1CCN(C(=O)c2ccco2)CC1. The first-order valence-electron chi connectivity index (χ1n) is 10.2. The molecule has 1 aliphatic rings. The number of rotatable bonds is 8. The number of thioether (sulfide) groups is 1. The number of benzene rings is 1. The van der Waals surface area contributed by atoms with Crippen molar-refractivity contribution in [1.82, 2.24) is 20.4 Å². The molecule has 0 spiro atoms. The van der Waals surface area contributed by atoms with Gasteiger partial charge in [0.2, 0.25) is 5.91 Å². The molecular weight excluding hydrogens is 430 g/mol. The molecule has 1 aliphatic heterocycles. The molecule has 2 heterocycles. The zero-order chi connectivity index (χ0) is 22.8. The van der Waals surface area contributed by atoms with Crippen molar-refractivity contribution in [3.63, 3.8) is 0 Å². The van der Waals surface area contributed by atoms with Gasteiger partial charge in [0.1, 0.15) is 12.6 Å². The number of urea groups is 1. The van der Waals surface area contributed by atoms with Gasteiger partial charge >= 0.3 is 6.03 Å². The minimum atomic E-state index is -0.771. The van der Waals surface area contributed by atoms with Crippen LogP contribution in [0.5, 0.6) is 0 Å². The van der Waals surface area contributed by atoms with E-state index in [1.807, 2.05) is 36.4 Å². The Hall–Kier alpha value is -3.45. The Morgan fingerprint density at radius 3 is 2.44 bits per heavy atom. The fourth-order valence-corrected chi connectivity index (χ4v) is 4.23. The minimum Gasteiger partial charge on any atom is -0.459 e. The lowest BCUT2D eigenvalue weighted by atomic mass is 10.2. The molecule has 0 radical (unpaired) electrons. The highest BCUT2D eigenvalue weighted by Crippen LogP contribution is 2.14. The van der Waals surface area contributed by atoms with Gasteiger partial charge in [-0.2, -0.15) is 17.0 Å². The highest BCUT2D eigenvalue weighted by molar-refractivity contribution is 7.98. The molecule has 9 nitrogen and oxygen atoms in total. The lowest BCUT2D eigenvalue weighted by molar-refractivity contribution is -0.122. The number of nitrogens with one attached hydrogen (secondary N) is 2. The second-order valence-corrected chi connectivity index (χ2v) is 8.17. The molecule has 1 aromatic heterocycles. The van der Waals surface area contributed by atoms with Crippen LogP contribution >= 0.6 is 11.8 Å². The minimum absolute atomic E-state index is 0.123. The third kappa shape index (κ3) is 6.52. The molecule has 2 N–H and O–H groups in total. The van der Waals surface area contributed by atoms with Gasteiger partial charge in [0.25, 0.3) is 5.91 Å². The number of piperazine rings is 1. The van der Waals surface area contributed by atoms with E-state index in [4.69, 9.17) is 9.68 Å². The highest BCUT2D eigenvalue weighted by Gasteiger charge is 2.28. The molecule has 10 heteroatoms. The van der Waals surface area contributed by atoms with Crippen molar-refractivity contribution in [2.24, 2.45) is 0 Å². The quantitative estimate of drug-likeness (QED) is 0.585. The normalized spacial score (nSPS) is 14.3. The molecule has 0 unspecified atom stereocenters. The van der Waals surface area contributed by atoms with Crippen molar-refractivity contribution in [3.05, 3.63) is 60.1 Å². The largest absolute Gasteiger partial charge is 0.459 e. The zero-order valence-corrected chi connectivity index (χ0v) is 18.3. The number of nitriles is 1. The van der Waals surface area contributed by atoms with Crippen molar-refractivity contribution in [1.29, 1.82) is 5.26 Å². The number of carbonyl (C=O) groups is 3. The van der Waals surface area contributed by atoms with E-state index in [2.05, 4.69) is 10.6 Å². The van der Waals surface area contributed by atoms with Crippen molar-refractivity contribution < 1.29 is 18.8 Å². The van der Waals surface area contributed by atoms with Crippen LogP contribution < -0.4 is 10.6 Å². The van der Waals surface area contributed by atoms with Gasteiger partial charge in [-0.25, -0.2) is 4.79 Å². The highest BCUT2D eigenvalue weighted by atomic mass is 32.2. The van der Waals surface area contributed by atoms with Crippen LogP contribution in [0.25, 0.3) is 0 Å². The molecule has 1 aromatic carbocycles. The van der Waals surface area contributed by atoms with Crippen molar-refractivity contribution in [2.75, 3.05) is 38.5 Å². The maximum Gasteiger partial charge on any atom is 0.318 e. The molecule has 0 aliphatic carbocycles. The summed E-state index contributed by atoms with van der Waals surface area (Å²) in [5, 5.41) is 14.0. The number of hydrogen-bond donors (Lipinski definition) is 2. The molecule has 0 saturated carbocycles. The summed E-state index contributed by atoms with van der Waals surface area (Å²) < 4.78 is 5.15. The molecule has 32 heavy (non-hydrogen) atoms. The summed E-state index contributed by atoms with van der Waals surface area (Å²) in [5.41, 5.74) is 1.12. The first kappa shape index (κ1) is 23.2. The average Bonchev–Trinajstić information content (AvgIpc) is 3.37. The van der Waals surface area contributed by atoms with E-state index in [1.165, 1.54) is 18.0 Å². The predicted octanol–water partition coefficient (Wildman–Crippen LogP) is 1.69. The van der Waals surface area contributed by atoms with Gasteiger partial charge < -0.3 is 24.9 Å². The van der Waals surface area contributed by atoms with Crippen LogP contribution in [0.2, 0.25) is 0 Å². The summed E-state index contributed by atoms with van der Waals surface area (Å²) in [6.07, 6.45) is 1.45. The number of furan rings is 1. The smallest absolute Gasteiger partial charge is 0.318 e. The van der Waals surface area contributed by atoms with E-state index < -0.39 is 11.9 Å². The van der Waals surface area contributed by atoms with Gasteiger partial charge in [-0.05, 0) is 17.7 Å². The standard InChI is InChI=1S/C22H25N5O4S/c23-8-9-24-20(28)18(16-32-15-17-5-2-1-3-6-17)25-22(30)27-12-10-26(11-13-27)21(29)19-7-4-14-31-19/h1-7,14,18H,9-13,15-16H2,(H,24,28)(H,25,30)/t18-/m0/s1. The lowest BCUT2D eigenvalue weighted by Crippen LogP contribution is -2.57. The number of amides is 4. The maximum atomic E-state index is 12.8. The Kier molecular flexibility index (Phi) is 8.57.